The minimum Gasteiger partial charge on any atom is -0.504 e. The number of ketones is 1. The Morgan fingerprint density at radius 1 is 1.73 bits per heavy atom. The summed E-state index contributed by atoms with van der Waals surface area (Å²) in [6.45, 7) is -0.269. The Kier molecular flexibility index (Phi) is 3.65. The van der Waals surface area contributed by atoms with Crippen LogP contribution in [-0.2, 0) is 0 Å². The van der Waals surface area contributed by atoms with Gasteiger partial charge in [0.15, 0.2) is 23.1 Å². The summed E-state index contributed by atoms with van der Waals surface area (Å²) in [6.07, 6.45) is 0. The van der Waals surface area contributed by atoms with Crippen LogP contribution in [0, 0.1) is 5.82 Å². The van der Waals surface area contributed by atoms with Crippen molar-refractivity contribution in [2.24, 2.45) is 5.73 Å². The summed E-state index contributed by atoms with van der Waals surface area (Å²) in [5.41, 5.74) is 5.08. The second-order valence-corrected chi connectivity index (χ2v) is 3.58. The van der Waals surface area contributed by atoms with Crippen molar-refractivity contribution in [2.75, 3.05) is 13.7 Å². The van der Waals surface area contributed by atoms with Crippen LogP contribution in [0.5, 0.6) is 11.5 Å². The third-order valence-corrected chi connectivity index (χ3v) is 2.42. The van der Waals surface area contributed by atoms with Gasteiger partial charge in [-0.2, -0.15) is 0 Å². The Morgan fingerprint density at radius 2 is 2.33 bits per heavy atom. The van der Waals surface area contributed by atoms with Crippen molar-refractivity contribution >= 4 is 21.7 Å². The van der Waals surface area contributed by atoms with Gasteiger partial charge in [0.1, 0.15) is 0 Å². The summed E-state index contributed by atoms with van der Waals surface area (Å²) in [7, 11) is 1.20. The van der Waals surface area contributed by atoms with Crippen molar-refractivity contribution in [3.05, 3.63) is 21.9 Å². The molecule has 82 valence electrons. The van der Waals surface area contributed by atoms with E-state index in [1.165, 1.54) is 13.2 Å². The smallest absolute Gasteiger partial charge is 0.198 e. The maximum atomic E-state index is 13.3. The Balaban J connectivity index is 3.43. The molecule has 1 aromatic carbocycles. The van der Waals surface area contributed by atoms with Crippen molar-refractivity contribution in [3.63, 3.8) is 0 Å². The predicted molar refractivity (Wildman–Crippen MR) is 55.7 cm³/mol. The van der Waals surface area contributed by atoms with Crippen LogP contribution in [0.2, 0.25) is 0 Å². The second kappa shape index (κ2) is 4.59. The van der Waals surface area contributed by atoms with Crippen LogP contribution in [0.4, 0.5) is 4.39 Å². The van der Waals surface area contributed by atoms with Crippen molar-refractivity contribution in [2.45, 2.75) is 0 Å². The molecule has 0 aliphatic heterocycles. The van der Waals surface area contributed by atoms with Gasteiger partial charge in [-0.3, -0.25) is 4.79 Å². The van der Waals surface area contributed by atoms with Crippen LogP contribution in [0.15, 0.2) is 10.5 Å². The molecule has 0 radical (unpaired) electrons. The molecule has 0 saturated carbocycles. The highest BCUT2D eigenvalue weighted by Crippen LogP contribution is 2.37. The molecule has 0 aliphatic carbocycles. The zero-order valence-corrected chi connectivity index (χ0v) is 9.47. The van der Waals surface area contributed by atoms with Crippen LogP contribution in [0.3, 0.4) is 0 Å². The molecule has 6 heteroatoms. The Labute approximate surface area is 94.0 Å². The summed E-state index contributed by atoms with van der Waals surface area (Å²) in [6, 6.07) is 1.17. The lowest BCUT2D eigenvalue weighted by molar-refractivity contribution is 0.0998. The van der Waals surface area contributed by atoms with E-state index in [0.29, 0.717) is 0 Å². The topological polar surface area (TPSA) is 72.5 Å². The van der Waals surface area contributed by atoms with Crippen LogP contribution >= 0.6 is 15.9 Å². The fraction of sp³-hybridized carbons (Fsp3) is 0.222. The van der Waals surface area contributed by atoms with E-state index >= 15 is 0 Å². The largest absolute Gasteiger partial charge is 0.504 e. The maximum absolute atomic E-state index is 13.3. The van der Waals surface area contributed by atoms with Gasteiger partial charge >= 0.3 is 0 Å². The number of phenols is 1. The SMILES string of the molecule is COc1c(O)c(C(=O)CN)cc(Br)c1F. The zero-order chi connectivity index (χ0) is 11.6. The predicted octanol–water partition coefficient (Wildman–Crippen LogP) is 1.44. The Morgan fingerprint density at radius 3 is 2.80 bits per heavy atom. The van der Waals surface area contributed by atoms with E-state index in [1.807, 2.05) is 0 Å². The molecule has 4 nitrogen and oxygen atoms in total. The molecule has 0 spiro atoms. The van der Waals surface area contributed by atoms with Gasteiger partial charge in [0.05, 0.1) is 23.7 Å². The summed E-state index contributed by atoms with van der Waals surface area (Å²) in [5, 5.41) is 9.53. The molecule has 0 bridgehead atoms. The molecule has 1 rings (SSSR count). The van der Waals surface area contributed by atoms with Crippen molar-refractivity contribution < 1.29 is 19.0 Å². The molecule has 0 aliphatic rings. The lowest BCUT2D eigenvalue weighted by Gasteiger charge is -2.09. The number of aromatic hydroxyl groups is 1. The van der Waals surface area contributed by atoms with E-state index in [0.717, 1.165) is 0 Å². The van der Waals surface area contributed by atoms with E-state index in [-0.39, 0.29) is 22.3 Å². The number of hydrogen-bond donors (Lipinski definition) is 2. The third kappa shape index (κ3) is 2.10. The third-order valence-electron chi connectivity index (χ3n) is 1.84. The first-order valence-electron chi connectivity index (χ1n) is 4.01. The fourth-order valence-corrected chi connectivity index (χ4v) is 1.51. The summed E-state index contributed by atoms with van der Waals surface area (Å²) >= 11 is 2.91. The van der Waals surface area contributed by atoms with E-state index < -0.39 is 17.3 Å². The molecule has 15 heavy (non-hydrogen) atoms. The van der Waals surface area contributed by atoms with E-state index in [9.17, 15) is 14.3 Å². The first kappa shape index (κ1) is 11.9. The van der Waals surface area contributed by atoms with Crippen LogP contribution in [0.25, 0.3) is 0 Å². The molecule has 0 amide bonds. The molecule has 0 unspecified atom stereocenters. The van der Waals surface area contributed by atoms with Gasteiger partial charge in [0, 0.05) is 0 Å². The van der Waals surface area contributed by atoms with E-state index in [1.54, 1.807) is 0 Å². The molecule has 0 heterocycles. The molecule has 3 N–H and O–H groups in total. The normalized spacial score (nSPS) is 10.1. The number of hydrogen-bond acceptors (Lipinski definition) is 4. The number of rotatable bonds is 3. The second-order valence-electron chi connectivity index (χ2n) is 2.73. The first-order valence-corrected chi connectivity index (χ1v) is 4.80. The maximum Gasteiger partial charge on any atom is 0.198 e. The number of Topliss-reactive ketones (excluding diaryl/α,β-unsaturated/α-hetero) is 1. The molecule has 0 atom stereocenters. The number of phenolic OH excluding ortho intramolecular Hbond substituents is 1. The van der Waals surface area contributed by atoms with E-state index in [2.05, 4.69) is 20.7 Å². The minimum absolute atomic E-state index is 0.0361. The van der Waals surface area contributed by atoms with Crippen molar-refractivity contribution in [3.8, 4) is 11.5 Å². The van der Waals surface area contributed by atoms with Gasteiger partial charge in [-0.25, -0.2) is 4.39 Å². The van der Waals surface area contributed by atoms with E-state index in [4.69, 9.17) is 5.73 Å². The van der Waals surface area contributed by atoms with Crippen LogP contribution < -0.4 is 10.5 Å². The highest BCUT2D eigenvalue weighted by atomic mass is 79.9. The van der Waals surface area contributed by atoms with Crippen LogP contribution in [0.1, 0.15) is 10.4 Å². The fourth-order valence-electron chi connectivity index (χ4n) is 1.10. The highest BCUT2D eigenvalue weighted by Gasteiger charge is 2.20. The Bertz CT molecular complexity index is 409. The average Bonchev–Trinajstić information content (AvgIpc) is 2.23. The van der Waals surface area contributed by atoms with Gasteiger partial charge < -0.3 is 15.6 Å². The molecule has 1 aromatic rings. The first-order chi connectivity index (χ1) is 7.02. The number of carbonyl (C=O) groups is 1. The van der Waals surface area contributed by atoms with Crippen LogP contribution in [-0.4, -0.2) is 24.5 Å². The van der Waals surface area contributed by atoms with Gasteiger partial charge in [0.25, 0.3) is 0 Å². The molecule has 0 saturated heterocycles. The monoisotopic (exact) mass is 277 g/mol. The quantitative estimate of drug-likeness (QED) is 0.821. The molecule has 0 fully saturated rings. The van der Waals surface area contributed by atoms with Gasteiger partial charge in [0.2, 0.25) is 0 Å². The van der Waals surface area contributed by atoms with Gasteiger partial charge in [-0.15, -0.1) is 0 Å². The summed E-state index contributed by atoms with van der Waals surface area (Å²) < 4.78 is 18.0. The summed E-state index contributed by atoms with van der Waals surface area (Å²) in [4.78, 5) is 11.3. The standard InChI is InChI=1S/C9H9BrFNO3/c1-15-9-7(11)5(10)2-4(8(9)14)6(13)3-12/h2,14H,3,12H2,1H3. The number of benzene rings is 1. The number of carbonyl (C=O) groups excluding carboxylic acids is 1. The molecule has 0 aromatic heterocycles. The number of ether oxygens (including phenoxy) is 1. The minimum atomic E-state index is -0.761. The van der Waals surface area contributed by atoms with Crippen molar-refractivity contribution in [1.82, 2.24) is 0 Å². The molecular weight excluding hydrogens is 269 g/mol. The number of nitrogens with two attached hydrogens (primary N) is 1. The highest BCUT2D eigenvalue weighted by molar-refractivity contribution is 9.10. The zero-order valence-electron chi connectivity index (χ0n) is 7.88. The lowest BCUT2D eigenvalue weighted by Crippen LogP contribution is -2.14. The molecular formula is C9H9BrFNO3. The lowest BCUT2D eigenvalue weighted by atomic mass is 10.1. The number of halogens is 2. The Hall–Kier alpha value is -1.14. The summed E-state index contributed by atoms with van der Waals surface area (Å²) in [5.74, 6) is -2.16. The average molecular weight is 278 g/mol. The number of methoxy groups -OCH3 is 1. The van der Waals surface area contributed by atoms with Crippen molar-refractivity contribution in [1.29, 1.82) is 0 Å². The van der Waals surface area contributed by atoms with Gasteiger partial charge in [-0.05, 0) is 22.0 Å². The van der Waals surface area contributed by atoms with Gasteiger partial charge in [-0.1, -0.05) is 0 Å².